The summed E-state index contributed by atoms with van der Waals surface area (Å²) in [5.41, 5.74) is 1.94. The van der Waals surface area contributed by atoms with E-state index in [0.29, 0.717) is 12.4 Å². The standard InChI is InChI=1S/C24H25F4N5/c1-5-33(16(3)14-31-20-11-10-19(25)22(32-20)24(26,27)28)17(4)18-9-6-8-15(2)21(18)23-29-12-7-13-30-23/h6-13,16H,4-5,14H2,1-3H3,(H,31,32)/t16-/m0/s1. The largest absolute Gasteiger partial charge is 0.436 e. The molecule has 0 amide bonds. The highest BCUT2D eigenvalue weighted by molar-refractivity contribution is 5.79. The Morgan fingerprint density at radius 2 is 1.82 bits per heavy atom. The fourth-order valence-electron chi connectivity index (χ4n) is 3.66. The summed E-state index contributed by atoms with van der Waals surface area (Å²) in [4.78, 5) is 14.2. The number of pyridine rings is 1. The van der Waals surface area contributed by atoms with Gasteiger partial charge in [-0.2, -0.15) is 13.2 Å². The number of benzene rings is 1. The van der Waals surface area contributed by atoms with Crippen LogP contribution >= 0.6 is 0 Å². The molecule has 0 unspecified atom stereocenters. The van der Waals surface area contributed by atoms with Crippen molar-refractivity contribution in [1.29, 1.82) is 0 Å². The van der Waals surface area contributed by atoms with Gasteiger partial charge < -0.3 is 10.2 Å². The molecule has 0 bridgehead atoms. The number of nitrogens with zero attached hydrogens (tertiary/aromatic N) is 4. The van der Waals surface area contributed by atoms with Crippen LogP contribution in [0.1, 0.15) is 30.7 Å². The smallest absolute Gasteiger partial charge is 0.368 e. The van der Waals surface area contributed by atoms with E-state index in [0.717, 1.165) is 28.5 Å². The summed E-state index contributed by atoms with van der Waals surface area (Å²) in [6.45, 7) is 11.0. The molecule has 3 rings (SSSR count). The molecule has 1 aromatic carbocycles. The van der Waals surface area contributed by atoms with Gasteiger partial charge in [0.05, 0.1) is 0 Å². The Hall–Kier alpha value is -3.49. The molecule has 1 atom stereocenters. The highest BCUT2D eigenvalue weighted by Gasteiger charge is 2.36. The summed E-state index contributed by atoms with van der Waals surface area (Å²) in [5.74, 6) is -0.866. The van der Waals surface area contributed by atoms with Gasteiger partial charge in [0.15, 0.2) is 17.3 Å². The van der Waals surface area contributed by atoms with Gasteiger partial charge in [0, 0.05) is 48.3 Å². The minimum Gasteiger partial charge on any atom is -0.368 e. The number of likely N-dealkylation sites (N-methyl/N-ethyl adjacent to an activating group) is 1. The molecule has 9 heteroatoms. The van der Waals surface area contributed by atoms with E-state index in [9.17, 15) is 17.6 Å². The lowest BCUT2D eigenvalue weighted by Gasteiger charge is -2.33. The molecule has 0 aliphatic carbocycles. The molecule has 3 aromatic rings. The molecular formula is C24H25F4N5. The van der Waals surface area contributed by atoms with Crippen LogP contribution in [0.5, 0.6) is 0 Å². The second-order valence-corrected chi connectivity index (χ2v) is 7.56. The van der Waals surface area contributed by atoms with Gasteiger partial charge in [0.1, 0.15) is 5.82 Å². The van der Waals surface area contributed by atoms with Crippen molar-refractivity contribution in [2.45, 2.75) is 33.0 Å². The monoisotopic (exact) mass is 459 g/mol. The van der Waals surface area contributed by atoms with Crippen LogP contribution in [0, 0.1) is 12.7 Å². The van der Waals surface area contributed by atoms with Crippen molar-refractivity contribution >= 4 is 11.5 Å². The summed E-state index contributed by atoms with van der Waals surface area (Å²) in [5, 5.41) is 2.88. The highest BCUT2D eigenvalue weighted by atomic mass is 19.4. The maximum absolute atomic E-state index is 13.5. The van der Waals surface area contributed by atoms with Crippen molar-refractivity contribution in [3.63, 3.8) is 0 Å². The quantitative estimate of drug-likeness (QED) is 0.432. The Morgan fingerprint density at radius 3 is 2.45 bits per heavy atom. The molecule has 0 aliphatic heterocycles. The molecule has 0 saturated heterocycles. The SMILES string of the molecule is C=C(c1cccc(C)c1-c1ncccn1)N(CC)[C@@H](C)CNc1ccc(F)c(C(F)(F)F)n1. The number of nitrogens with one attached hydrogen (secondary N) is 1. The minimum absolute atomic E-state index is 0.0498. The number of aryl methyl sites for hydroxylation is 1. The van der Waals surface area contributed by atoms with Gasteiger partial charge >= 0.3 is 6.18 Å². The number of alkyl halides is 3. The molecule has 5 nitrogen and oxygen atoms in total. The fourth-order valence-corrected chi connectivity index (χ4v) is 3.66. The van der Waals surface area contributed by atoms with Crippen LogP contribution in [0.15, 0.2) is 55.4 Å². The zero-order chi connectivity index (χ0) is 24.2. The van der Waals surface area contributed by atoms with Gasteiger partial charge in [0.2, 0.25) is 0 Å². The molecule has 0 fully saturated rings. The second kappa shape index (κ2) is 9.97. The zero-order valence-electron chi connectivity index (χ0n) is 18.6. The Labute approximate surface area is 190 Å². The molecule has 0 aliphatic rings. The fraction of sp³-hybridized carbons (Fsp3) is 0.292. The molecule has 0 spiro atoms. The predicted octanol–water partition coefficient (Wildman–Crippen LogP) is 5.80. The van der Waals surface area contributed by atoms with Crippen LogP contribution in [0.25, 0.3) is 17.1 Å². The predicted molar refractivity (Wildman–Crippen MR) is 121 cm³/mol. The topological polar surface area (TPSA) is 53.9 Å². The van der Waals surface area contributed by atoms with Crippen molar-refractivity contribution in [1.82, 2.24) is 19.9 Å². The van der Waals surface area contributed by atoms with Gasteiger partial charge in [-0.25, -0.2) is 19.3 Å². The third kappa shape index (κ3) is 5.47. The first-order valence-corrected chi connectivity index (χ1v) is 10.4. The lowest BCUT2D eigenvalue weighted by molar-refractivity contribution is -0.143. The summed E-state index contributed by atoms with van der Waals surface area (Å²) in [6, 6.07) is 9.39. The molecule has 2 heterocycles. The Balaban J connectivity index is 1.82. The van der Waals surface area contributed by atoms with E-state index >= 15 is 0 Å². The van der Waals surface area contributed by atoms with Crippen LogP contribution in [-0.2, 0) is 6.18 Å². The number of hydrogen-bond donors (Lipinski definition) is 1. The van der Waals surface area contributed by atoms with Crippen molar-refractivity contribution in [2.75, 3.05) is 18.4 Å². The summed E-state index contributed by atoms with van der Waals surface area (Å²) in [7, 11) is 0. The number of aromatic nitrogens is 3. The van der Waals surface area contributed by atoms with Crippen molar-refractivity contribution < 1.29 is 17.6 Å². The number of rotatable bonds is 8. The summed E-state index contributed by atoms with van der Waals surface area (Å²) < 4.78 is 52.4. The number of hydrogen-bond acceptors (Lipinski definition) is 5. The van der Waals surface area contributed by atoms with Gasteiger partial charge in [0.25, 0.3) is 0 Å². The van der Waals surface area contributed by atoms with E-state index in [4.69, 9.17) is 0 Å². The average molecular weight is 459 g/mol. The van der Waals surface area contributed by atoms with E-state index in [1.165, 1.54) is 6.07 Å². The van der Waals surface area contributed by atoms with E-state index in [2.05, 4.69) is 26.8 Å². The zero-order valence-corrected chi connectivity index (χ0v) is 18.6. The Morgan fingerprint density at radius 1 is 1.12 bits per heavy atom. The van der Waals surface area contributed by atoms with E-state index in [-0.39, 0.29) is 18.4 Å². The minimum atomic E-state index is -4.86. The van der Waals surface area contributed by atoms with E-state index in [1.807, 2.05) is 43.9 Å². The maximum atomic E-state index is 13.5. The second-order valence-electron chi connectivity index (χ2n) is 7.56. The van der Waals surface area contributed by atoms with E-state index < -0.39 is 17.7 Å². The molecular weight excluding hydrogens is 434 g/mol. The van der Waals surface area contributed by atoms with Gasteiger partial charge in [-0.1, -0.05) is 24.8 Å². The normalized spacial score (nSPS) is 12.3. The Kier molecular flexibility index (Phi) is 7.30. The molecule has 1 N–H and O–H groups in total. The first-order valence-electron chi connectivity index (χ1n) is 10.4. The van der Waals surface area contributed by atoms with Crippen LogP contribution in [0.4, 0.5) is 23.4 Å². The van der Waals surface area contributed by atoms with Crippen molar-refractivity contribution in [3.05, 3.63) is 78.0 Å². The highest BCUT2D eigenvalue weighted by Crippen LogP contribution is 2.32. The Bertz CT molecular complexity index is 1120. The van der Waals surface area contributed by atoms with Gasteiger partial charge in [-0.05, 0) is 44.5 Å². The third-order valence-corrected chi connectivity index (χ3v) is 5.29. The van der Waals surface area contributed by atoms with E-state index in [1.54, 1.807) is 18.5 Å². The van der Waals surface area contributed by atoms with Crippen molar-refractivity contribution in [3.8, 4) is 11.4 Å². The lowest BCUT2D eigenvalue weighted by atomic mass is 9.98. The maximum Gasteiger partial charge on any atom is 0.436 e. The molecule has 33 heavy (non-hydrogen) atoms. The average Bonchev–Trinajstić information content (AvgIpc) is 2.78. The van der Waals surface area contributed by atoms with Crippen LogP contribution < -0.4 is 5.32 Å². The van der Waals surface area contributed by atoms with Gasteiger partial charge in [-0.15, -0.1) is 0 Å². The van der Waals surface area contributed by atoms with Crippen molar-refractivity contribution in [2.24, 2.45) is 0 Å². The molecule has 2 aromatic heterocycles. The summed E-state index contributed by atoms with van der Waals surface area (Å²) >= 11 is 0. The number of halogens is 4. The lowest BCUT2D eigenvalue weighted by Crippen LogP contribution is -2.36. The summed E-state index contributed by atoms with van der Waals surface area (Å²) in [6.07, 6.45) is -1.51. The van der Waals surface area contributed by atoms with Crippen LogP contribution in [0.3, 0.4) is 0 Å². The molecule has 174 valence electrons. The third-order valence-electron chi connectivity index (χ3n) is 5.29. The van der Waals surface area contributed by atoms with Crippen LogP contribution in [-0.4, -0.2) is 39.0 Å². The molecule has 0 saturated carbocycles. The van der Waals surface area contributed by atoms with Crippen LogP contribution in [0.2, 0.25) is 0 Å². The van der Waals surface area contributed by atoms with Gasteiger partial charge in [-0.3, -0.25) is 0 Å². The number of anilines is 1. The first-order chi connectivity index (χ1) is 15.6. The first kappa shape index (κ1) is 24.2. The molecule has 0 radical (unpaired) electrons.